The minimum absolute atomic E-state index is 0.00473. The number of nitrogens with one attached hydrogen (secondary N) is 1. The molecular formula is C33H41ClFN7O4. The van der Waals surface area contributed by atoms with Crippen molar-refractivity contribution in [2.75, 3.05) is 50.7 Å². The SMILES string of the molecule is CC(=O)NCC1CCN(Cc2cc(Oc3cnc(N4CCN(C(=O)OC(C)(C)C)CC4)nc3)nc(-c3cc(F)cc(Cl)c3)c2)CC1. The van der Waals surface area contributed by atoms with E-state index in [2.05, 4.69) is 25.2 Å². The maximum absolute atomic E-state index is 14.3. The van der Waals surface area contributed by atoms with Gasteiger partial charge in [0.15, 0.2) is 5.75 Å². The van der Waals surface area contributed by atoms with Gasteiger partial charge in [0.2, 0.25) is 17.7 Å². The van der Waals surface area contributed by atoms with Gasteiger partial charge in [0, 0.05) is 62.8 Å². The van der Waals surface area contributed by atoms with E-state index in [0.717, 1.165) is 31.5 Å². The second-order valence-electron chi connectivity index (χ2n) is 12.8. The predicted molar refractivity (Wildman–Crippen MR) is 173 cm³/mol. The van der Waals surface area contributed by atoms with Gasteiger partial charge in [-0.2, -0.15) is 0 Å². The molecule has 0 spiro atoms. The summed E-state index contributed by atoms with van der Waals surface area (Å²) in [7, 11) is 0. The third kappa shape index (κ3) is 9.49. The highest BCUT2D eigenvalue weighted by atomic mass is 35.5. The van der Waals surface area contributed by atoms with E-state index in [9.17, 15) is 14.0 Å². The highest BCUT2D eigenvalue weighted by molar-refractivity contribution is 6.30. The first-order valence-electron chi connectivity index (χ1n) is 15.6. The number of aromatic nitrogens is 3. The molecule has 2 aliphatic heterocycles. The molecule has 0 bridgehead atoms. The molecule has 1 N–H and O–H groups in total. The van der Waals surface area contributed by atoms with E-state index in [-0.39, 0.29) is 17.0 Å². The predicted octanol–water partition coefficient (Wildman–Crippen LogP) is 5.53. The van der Waals surface area contributed by atoms with Crippen molar-refractivity contribution >= 4 is 29.5 Å². The first-order chi connectivity index (χ1) is 21.9. The first-order valence-corrected chi connectivity index (χ1v) is 15.9. The van der Waals surface area contributed by atoms with E-state index in [1.54, 1.807) is 30.3 Å². The number of likely N-dealkylation sites (tertiary alicyclic amines) is 1. The zero-order chi connectivity index (χ0) is 32.8. The Morgan fingerprint density at radius 3 is 2.33 bits per heavy atom. The Bertz CT molecular complexity index is 1500. The second kappa shape index (κ2) is 14.6. The Morgan fingerprint density at radius 1 is 1.00 bits per heavy atom. The molecule has 13 heteroatoms. The van der Waals surface area contributed by atoms with Crippen LogP contribution in [0.25, 0.3) is 11.3 Å². The van der Waals surface area contributed by atoms with Gasteiger partial charge < -0.3 is 24.6 Å². The van der Waals surface area contributed by atoms with Crippen LogP contribution in [-0.4, -0.2) is 88.2 Å². The smallest absolute Gasteiger partial charge is 0.410 e. The number of hydrogen-bond acceptors (Lipinski definition) is 9. The molecule has 2 saturated heterocycles. The Morgan fingerprint density at radius 2 is 1.70 bits per heavy atom. The number of carbonyl (C=O) groups excluding carboxylic acids is 2. The first kappa shape index (κ1) is 33.3. The van der Waals surface area contributed by atoms with Gasteiger partial charge in [-0.05, 0) is 82.4 Å². The van der Waals surface area contributed by atoms with Crippen molar-refractivity contribution in [1.82, 2.24) is 30.1 Å². The highest BCUT2D eigenvalue weighted by Crippen LogP contribution is 2.30. The number of hydrogen-bond donors (Lipinski definition) is 1. The van der Waals surface area contributed by atoms with Crippen molar-refractivity contribution in [3.63, 3.8) is 0 Å². The number of halogens is 2. The van der Waals surface area contributed by atoms with Gasteiger partial charge in [0.1, 0.15) is 11.4 Å². The van der Waals surface area contributed by atoms with Crippen LogP contribution in [0, 0.1) is 11.7 Å². The molecule has 3 aromatic rings. The van der Waals surface area contributed by atoms with Crippen molar-refractivity contribution in [3.8, 4) is 22.9 Å². The van der Waals surface area contributed by atoms with Crippen molar-refractivity contribution in [2.45, 2.75) is 52.7 Å². The molecule has 46 heavy (non-hydrogen) atoms. The molecule has 0 aliphatic carbocycles. The Balaban J connectivity index is 1.26. The number of amides is 2. The number of anilines is 1. The average molecular weight is 654 g/mol. The normalized spacial score (nSPS) is 16.3. The average Bonchev–Trinajstić information content (AvgIpc) is 3.00. The summed E-state index contributed by atoms with van der Waals surface area (Å²) in [4.78, 5) is 43.4. The third-order valence-corrected chi connectivity index (χ3v) is 8.04. The number of ether oxygens (including phenoxy) is 2. The van der Waals surface area contributed by atoms with Gasteiger partial charge >= 0.3 is 6.09 Å². The molecule has 0 saturated carbocycles. The molecule has 2 aliphatic rings. The topological polar surface area (TPSA) is 113 Å². The zero-order valence-electron chi connectivity index (χ0n) is 26.8. The number of pyridine rings is 1. The molecule has 5 rings (SSSR count). The van der Waals surface area contributed by atoms with Crippen molar-refractivity contribution < 1.29 is 23.5 Å². The summed E-state index contributed by atoms with van der Waals surface area (Å²) in [6.07, 6.45) is 4.84. The van der Waals surface area contributed by atoms with Gasteiger partial charge in [0.25, 0.3) is 0 Å². The van der Waals surface area contributed by atoms with E-state index in [0.29, 0.717) is 74.0 Å². The lowest BCUT2D eigenvalue weighted by Gasteiger charge is -2.35. The van der Waals surface area contributed by atoms with E-state index >= 15 is 0 Å². The van der Waals surface area contributed by atoms with Gasteiger partial charge in [-0.15, -0.1) is 0 Å². The molecule has 2 aromatic heterocycles. The standard InChI is InChI=1S/C33H41ClFN7O4/c1-22(43)36-18-23-5-7-40(8-6-23)21-24-13-29(25-15-26(34)17-27(35)16-25)39-30(14-24)45-28-19-37-31(38-20-28)41-9-11-42(12-10-41)32(44)46-33(2,3)4/h13-17,19-20,23H,5-12,18,21H2,1-4H3,(H,36,43). The number of nitrogens with zero attached hydrogens (tertiary/aromatic N) is 6. The van der Waals surface area contributed by atoms with Crippen LogP contribution < -0.4 is 15.0 Å². The minimum atomic E-state index is -0.542. The second-order valence-corrected chi connectivity index (χ2v) is 13.2. The van der Waals surface area contributed by atoms with E-state index in [1.807, 2.05) is 37.8 Å². The van der Waals surface area contributed by atoms with Crippen molar-refractivity contribution in [1.29, 1.82) is 0 Å². The number of piperidine rings is 1. The van der Waals surface area contributed by atoms with Crippen molar-refractivity contribution in [3.05, 3.63) is 59.1 Å². The Kier molecular flexibility index (Phi) is 10.6. The molecule has 0 radical (unpaired) electrons. The summed E-state index contributed by atoms with van der Waals surface area (Å²) >= 11 is 6.17. The summed E-state index contributed by atoms with van der Waals surface area (Å²) < 4.78 is 25.9. The number of benzene rings is 1. The molecule has 246 valence electrons. The largest absolute Gasteiger partial charge is 0.444 e. The van der Waals surface area contributed by atoms with E-state index in [4.69, 9.17) is 21.1 Å². The van der Waals surface area contributed by atoms with E-state index < -0.39 is 11.4 Å². The molecular weight excluding hydrogens is 613 g/mol. The number of rotatable bonds is 8. The van der Waals surface area contributed by atoms with Gasteiger partial charge in [-0.25, -0.2) is 24.1 Å². The van der Waals surface area contributed by atoms with Gasteiger partial charge in [-0.3, -0.25) is 9.69 Å². The lowest BCUT2D eigenvalue weighted by Crippen LogP contribution is -2.50. The minimum Gasteiger partial charge on any atom is -0.444 e. The lowest BCUT2D eigenvalue weighted by molar-refractivity contribution is -0.119. The third-order valence-electron chi connectivity index (χ3n) is 7.82. The summed E-state index contributed by atoms with van der Waals surface area (Å²) in [5, 5.41) is 3.20. The van der Waals surface area contributed by atoms with Crippen molar-refractivity contribution in [2.24, 2.45) is 5.92 Å². The van der Waals surface area contributed by atoms with Crippen LogP contribution in [0.1, 0.15) is 46.1 Å². The maximum atomic E-state index is 14.3. The molecule has 0 unspecified atom stereocenters. The molecule has 2 amide bonds. The fourth-order valence-electron chi connectivity index (χ4n) is 5.51. The van der Waals surface area contributed by atoms with Crippen LogP contribution >= 0.6 is 11.6 Å². The highest BCUT2D eigenvalue weighted by Gasteiger charge is 2.27. The van der Waals surface area contributed by atoms with Crippen LogP contribution in [-0.2, 0) is 16.1 Å². The van der Waals surface area contributed by atoms with Gasteiger partial charge in [0.05, 0.1) is 18.1 Å². The van der Waals surface area contributed by atoms with Crippen LogP contribution in [0.15, 0.2) is 42.7 Å². The van der Waals surface area contributed by atoms with Gasteiger partial charge in [-0.1, -0.05) is 11.6 Å². The molecule has 1 aromatic carbocycles. The monoisotopic (exact) mass is 653 g/mol. The quantitative estimate of drug-likeness (QED) is 0.335. The Labute approximate surface area is 274 Å². The molecule has 0 atom stereocenters. The van der Waals surface area contributed by atoms with Crippen LogP contribution in [0.3, 0.4) is 0 Å². The van der Waals surface area contributed by atoms with Crippen LogP contribution in [0.5, 0.6) is 11.6 Å². The number of piperazine rings is 1. The number of carbonyl (C=O) groups is 2. The summed E-state index contributed by atoms with van der Waals surface area (Å²) in [6.45, 7) is 12.4. The van der Waals surface area contributed by atoms with Crippen LogP contribution in [0.4, 0.5) is 15.1 Å². The fraction of sp³-hybridized carbons (Fsp3) is 0.485. The summed E-state index contributed by atoms with van der Waals surface area (Å²) in [6, 6.07) is 8.13. The van der Waals surface area contributed by atoms with Crippen LogP contribution in [0.2, 0.25) is 5.02 Å². The Hall–Kier alpha value is -4.03. The maximum Gasteiger partial charge on any atom is 0.410 e. The summed E-state index contributed by atoms with van der Waals surface area (Å²) in [5.41, 5.74) is 1.50. The molecule has 4 heterocycles. The summed E-state index contributed by atoms with van der Waals surface area (Å²) in [5.74, 6) is 1.27. The zero-order valence-corrected chi connectivity index (χ0v) is 27.5. The lowest BCUT2D eigenvalue weighted by atomic mass is 9.96. The molecule has 11 nitrogen and oxygen atoms in total. The van der Waals surface area contributed by atoms with E-state index in [1.165, 1.54) is 12.1 Å². The fourth-order valence-corrected chi connectivity index (χ4v) is 5.73. The molecule has 2 fully saturated rings.